The van der Waals surface area contributed by atoms with E-state index in [-0.39, 0.29) is 28.4 Å². The molecule has 0 spiro atoms. The molecule has 2 aromatic heterocycles. The summed E-state index contributed by atoms with van der Waals surface area (Å²) < 4.78 is 45.6. The van der Waals surface area contributed by atoms with Crippen LogP contribution in [0.15, 0.2) is 21.8 Å². The maximum Gasteiger partial charge on any atom is 0.417 e. The molecule has 0 radical (unpaired) electrons. The van der Waals surface area contributed by atoms with Crippen LogP contribution in [0.2, 0.25) is 0 Å². The molecule has 11 heteroatoms. The summed E-state index contributed by atoms with van der Waals surface area (Å²) in [7, 11) is 0. The summed E-state index contributed by atoms with van der Waals surface area (Å²) in [6, 6.07) is 2.36. The molecule has 2 rings (SSSR count). The van der Waals surface area contributed by atoms with E-state index in [0.717, 1.165) is 17.8 Å². The Hall–Kier alpha value is -2.61. The first kappa shape index (κ1) is 19.7. The number of alkyl halides is 3. The van der Waals surface area contributed by atoms with Gasteiger partial charge in [-0.2, -0.15) is 18.4 Å². The molecule has 1 amide bonds. The molecule has 0 aliphatic heterocycles. The predicted octanol–water partition coefficient (Wildman–Crippen LogP) is 2.87. The predicted molar refractivity (Wildman–Crippen MR) is 85.1 cm³/mol. The number of aromatic nitrogens is 3. The van der Waals surface area contributed by atoms with E-state index in [2.05, 4.69) is 15.6 Å². The molecule has 0 saturated heterocycles. The zero-order chi connectivity index (χ0) is 19.5. The number of carbonyl (C=O) groups excluding carboxylic acids is 1. The highest BCUT2D eigenvalue weighted by Gasteiger charge is 2.35. The van der Waals surface area contributed by atoms with Crippen molar-refractivity contribution < 1.29 is 27.2 Å². The average Bonchev–Trinajstić information content (AvgIpc) is 3.00. The fraction of sp³-hybridized carbons (Fsp3) is 0.400. The van der Waals surface area contributed by atoms with Crippen molar-refractivity contribution in [3.8, 4) is 6.07 Å². The number of thioether (sulfide) groups is 1. The van der Waals surface area contributed by atoms with Crippen LogP contribution in [0.3, 0.4) is 0 Å². The van der Waals surface area contributed by atoms with E-state index in [1.807, 2.05) is 13.8 Å². The van der Waals surface area contributed by atoms with Crippen LogP contribution < -0.4 is 10.00 Å². The van der Waals surface area contributed by atoms with Crippen LogP contribution in [-0.4, -0.2) is 21.9 Å². The lowest BCUT2D eigenvalue weighted by Crippen LogP contribution is -2.36. The summed E-state index contributed by atoms with van der Waals surface area (Å²) >= 11 is 0.742. The minimum Gasteiger partial charge on any atom is -0.288 e. The van der Waals surface area contributed by atoms with Crippen molar-refractivity contribution in [3.05, 3.63) is 29.1 Å². The van der Waals surface area contributed by atoms with E-state index in [1.54, 1.807) is 0 Å². The van der Waals surface area contributed by atoms with Crippen molar-refractivity contribution in [2.75, 3.05) is 11.1 Å². The van der Waals surface area contributed by atoms with Crippen molar-refractivity contribution in [3.63, 3.8) is 0 Å². The molecule has 138 valence electrons. The van der Waals surface area contributed by atoms with Crippen LogP contribution in [0.4, 0.5) is 19.1 Å². The van der Waals surface area contributed by atoms with E-state index in [1.165, 1.54) is 23.9 Å². The number of anilines is 1. The fourth-order valence-electron chi connectivity index (χ4n) is 1.94. The molecule has 7 nitrogen and oxygen atoms in total. The lowest BCUT2D eigenvalue weighted by atomic mass is 10.1. The number of nitrogens with zero attached hydrogens (tertiary/aromatic N) is 4. The fourth-order valence-corrected chi connectivity index (χ4v) is 2.79. The smallest absolute Gasteiger partial charge is 0.288 e. The van der Waals surface area contributed by atoms with Crippen molar-refractivity contribution in [1.82, 2.24) is 10.3 Å². The van der Waals surface area contributed by atoms with Crippen molar-refractivity contribution >= 4 is 23.6 Å². The van der Waals surface area contributed by atoms with Gasteiger partial charge in [-0.3, -0.25) is 14.6 Å². The van der Waals surface area contributed by atoms with Gasteiger partial charge < -0.3 is 0 Å². The molecule has 0 fully saturated rings. The zero-order valence-corrected chi connectivity index (χ0v) is 14.9. The number of nitriles is 1. The summed E-state index contributed by atoms with van der Waals surface area (Å²) in [6.07, 6.45) is -3.19. The van der Waals surface area contributed by atoms with Gasteiger partial charge in [0.2, 0.25) is 11.2 Å². The van der Waals surface area contributed by atoms with Crippen LogP contribution in [0.25, 0.3) is 0 Å². The Morgan fingerprint density at radius 3 is 2.73 bits per heavy atom. The van der Waals surface area contributed by atoms with Gasteiger partial charge in [-0.25, -0.2) is 4.98 Å². The molecule has 0 atom stereocenters. The second kappa shape index (κ2) is 7.74. The molecule has 0 bridgehead atoms. The number of aryl methyl sites for hydroxylation is 1. The molecule has 2 heterocycles. The number of amides is 1. The Morgan fingerprint density at radius 2 is 2.19 bits per heavy atom. The highest BCUT2D eigenvalue weighted by molar-refractivity contribution is 8.00. The van der Waals surface area contributed by atoms with Gasteiger partial charge in [-0.1, -0.05) is 11.8 Å². The van der Waals surface area contributed by atoms with Crippen LogP contribution >= 0.6 is 11.8 Å². The van der Waals surface area contributed by atoms with Gasteiger partial charge in [-0.15, -0.1) is 0 Å². The molecule has 0 aliphatic carbocycles. The number of hydrogen-bond acceptors (Lipinski definition) is 6. The molecule has 0 aromatic carbocycles. The standard InChI is InChI=1S/C15H14F3N5O2S/c1-8(2)23-6-13(25-22-23)21-12(24)7-26-14-10(5-19)11(15(16,17)18)4-9(3)20-14/h4,6,8H,7H2,1-3H3/p+1. The summed E-state index contributed by atoms with van der Waals surface area (Å²) in [5.74, 6) is -0.661. The van der Waals surface area contributed by atoms with Gasteiger partial charge in [0.1, 0.15) is 11.1 Å². The van der Waals surface area contributed by atoms with E-state index >= 15 is 0 Å². The molecule has 0 saturated carbocycles. The monoisotopic (exact) mass is 386 g/mol. The lowest BCUT2D eigenvalue weighted by molar-refractivity contribution is -0.779. The first-order valence-corrected chi connectivity index (χ1v) is 8.40. The van der Waals surface area contributed by atoms with Crippen molar-refractivity contribution in [2.45, 2.75) is 38.0 Å². The zero-order valence-electron chi connectivity index (χ0n) is 14.1. The number of halogens is 3. The quantitative estimate of drug-likeness (QED) is 0.627. The largest absolute Gasteiger partial charge is 0.417 e. The first-order valence-electron chi connectivity index (χ1n) is 7.41. The molecule has 2 aromatic rings. The summed E-state index contributed by atoms with van der Waals surface area (Å²) in [5.41, 5.74) is -1.56. The summed E-state index contributed by atoms with van der Waals surface area (Å²) in [4.78, 5) is 15.9. The van der Waals surface area contributed by atoms with E-state index < -0.39 is 23.2 Å². The maximum absolute atomic E-state index is 13.1. The average molecular weight is 386 g/mol. The van der Waals surface area contributed by atoms with Crippen LogP contribution in [0, 0.1) is 18.3 Å². The van der Waals surface area contributed by atoms with E-state index in [0.29, 0.717) is 0 Å². The van der Waals surface area contributed by atoms with E-state index in [9.17, 15) is 18.0 Å². The third-order valence-electron chi connectivity index (χ3n) is 3.15. The summed E-state index contributed by atoms with van der Waals surface area (Å²) in [5, 5.41) is 15.1. The second-order valence-electron chi connectivity index (χ2n) is 5.58. The van der Waals surface area contributed by atoms with Crippen LogP contribution in [0.5, 0.6) is 0 Å². The van der Waals surface area contributed by atoms with Crippen LogP contribution in [-0.2, 0) is 11.0 Å². The minimum atomic E-state index is -4.68. The highest BCUT2D eigenvalue weighted by Crippen LogP contribution is 2.35. The molecule has 0 unspecified atom stereocenters. The second-order valence-corrected chi connectivity index (χ2v) is 6.54. The third-order valence-corrected chi connectivity index (χ3v) is 4.12. The lowest BCUT2D eigenvalue weighted by Gasteiger charge is -2.12. The topological polar surface area (TPSA) is 95.7 Å². The Kier molecular flexibility index (Phi) is 5.86. The number of nitrogens with one attached hydrogen (secondary N) is 1. The Bertz CT molecular complexity index is 858. The normalized spacial score (nSPS) is 11.5. The molecule has 1 N–H and O–H groups in total. The number of carbonyl (C=O) groups is 1. The number of hydrogen-bond donors (Lipinski definition) is 1. The van der Waals surface area contributed by atoms with Crippen molar-refractivity contribution in [2.24, 2.45) is 0 Å². The van der Waals surface area contributed by atoms with Gasteiger partial charge in [0.05, 0.1) is 16.9 Å². The molecular weight excluding hydrogens is 371 g/mol. The van der Waals surface area contributed by atoms with Gasteiger partial charge in [0, 0.05) is 5.69 Å². The van der Waals surface area contributed by atoms with E-state index in [4.69, 9.17) is 9.78 Å². The molecule has 0 aliphatic rings. The number of rotatable bonds is 5. The first-order chi connectivity index (χ1) is 12.1. The highest BCUT2D eigenvalue weighted by atomic mass is 32.2. The Morgan fingerprint density at radius 1 is 1.50 bits per heavy atom. The third kappa shape index (κ3) is 4.72. The molecule has 26 heavy (non-hydrogen) atoms. The van der Waals surface area contributed by atoms with Gasteiger partial charge >= 0.3 is 12.1 Å². The van der Waals surface area contributed by atoms with Gasteiger partial charge in [-0.05, 0) is 31.5 Å². The van der Waals surface area contributed by atoms with Crippen molar-refractivity contribution in [1.29, 1.82) is 5.26 Å². The SMILES string of the molecule is Cc1cc(C(F)(F)F)c(C#N)c(SCC(=O)Nc2c[n+](C(C)C)no2)n1. The van der Waals surface area contributed by atoms with Gasteiger partial charge in [0.15, 0.2) is 6.04 Å². The Labute approximate surface area is 151 Å². The number of pyridine rings is 1. The minimum absolute atomic E-state index is 0.0363. The summed E-state index contributed by atoms with van der Waals surface area (Å²) in [6.45, 7) is 5.13. The maximum atomic E-state index is 13.1. The molecular formula is C15H15F3N5O2S+. The Balaban J connectivity index is 2.12. The van der Waals surface area contributed by atoms with Crippen LogP contribution in [0.1, 0.15) is 36.7 Å². The van der Waals surface area contributed by atoms with Gasteiger partial charge in [0.25, 0.3) is 6.20 Å².